The van der Waals surface area contributed by atoms with E-state index in [2.05, 4.69) is 26.3 Å². The molecule has 2 aromatic heterocycles. The van der Waals surface area contributed by atoms with Crippen molar-refractivity contribution in [2.45, 2.75) is 31.8 Å². The lowest BCUT2D eigenvalue weighted by Gasteiger charge is -2.31. The molecule has 2 N–H and O–H groups in total. The number of piperidine rings is 1. The second-order valence-corrected chi connectivity index (χ2v) is 5.41. The van der Waals surface area contributed by atoms with E-state index in [1.165, 1.54) is 18.5 Å². The van der Waals surface area contributed by atoms with Gasteiger partial charge in [0.15, 0.2) is 0 Å². The standard InChI is InChI=1S/C15H22N4O/c1-2-15(20-9-1)11-19-7-4-13(5-8-19)17-6-3-14-10-16-12-18-14/h1-2,9-10,12-13,17H,3-8,11H2,(H,16,18). The monoisotopic (exact) mass is 274 g/mol. The number of H-pyrrole nitrogens is 1. The highest BCUT2D eigenvalue weighted by atomic mass is 16.3. The summed E-state index contributed by atoms with van der Waals surface area (Å²) in [4.78, 5) is 9.64. The van der Waals surface area contributed by atoms with E-state index in [9.17, 15) is 0 Å². The summed E-state index contributed by atoms with van der Waals surface area (Å²) in [6.45, 7) is 4.24. The number of imidazole rings is 1. The van der Waals surface area contributed by atoms with Crippen molar-refractivity contribution in [1.82, 2.24) is 20.2 Å². The summed E-state index contributed by atoms with van der Waals surface area (Å²) in [5.41, 5.74) is 1.20. The molecular formula is C15H22N4O. The summed E-state index contributed by atoms with van der Waals surface area (Å²) in [5, 5.41) is 3.64. The minimum absolute atomic E-state index is 0.644. The Labute approximate surface area is 119 Å². The van der Waals surface area contributed by atoms with E-state index in [-0.39, 0.29) is 0 Å². The Balaban J connectivity index is 1.34. The fourth-order valence-corrected chi connectivity index (χ4v) is 2.75. The van der Waals surface area contributed by atoms with Crippen LogP contribution in [0.4, 0.5) is 0 Å². The van der Waals surface area contributed by atoms with E-state index < -0.39 is 0 Å². The van der Waals surface area contributed by atoms with Crippen LogP contribution in [-0.4, -0.2) is 40.5 Å². The summed E-state index contributed by atoms with van der Waals surface area (Å²) in [7, 11) is 0. The summed E-state index contributed by atoms with van der Waals surface area (Å²) < 4.78 is 5.40. The number of hydrogen-bond donors (Lipinski definition) is 2. The molecule has 0 radical (unpaired) electrons. The van der Waals surface area contributed by atoms with Gasteiger partial charge >= 0.3 is 0 Å². The third-order valence-corrected chi connectivity index (χ3v) is 3.93. The van der Waals surface area contributed by atoms with E-state index >= 15 is 0 Å². The molecule has 0 atom stereocenters. The second kappa shape index (κ2) is 6.72. The van der Waals surface area contributed by atoms with Gasteiger partial charge in [0.25, 0.3) is 0 Å². The van der Waals surface area contributed by atoms with Crippen molar-refractivity contribution in [3.8, 4) is 0 Å². The maximum absolute atomic E-state index is 5.40. The zero-order chi connectivity index (χ0) is 13.6. The van der Waals surface area contributed by atoms with Gasteiger partial charge in [-0.15, -0.1) is 0 Å². The Morgan fingerprint density at radius 3 is 3.00 bits per heavy atom. The number of hydrogen-bond acceptors (Lipinski definition) is 4. The van der Waals surface area contributed by atoms with E-state index in [0.717, 1.165) is 38.4 Å². The Hall–Kier alpha value is -1.59. The molecule has 108 valence electrons. The predicted molar refractivity (Wildman–Crippen MR) is 77.3 cm³/mol. The van der Waals surface area contributed by atoms with Crippen LogP contribution >= 0.6 is 0 Å². The topological polar surface area (TPSA) is 57.1 Å². The molecule has 0 unspecified atom stereocenters. The molecule has 3 rings (SSSR count). The van der Waals surface area contributed by atoms with Gasteiger partial charge in [0, 0.05) is 44.0 Å². The molecule has 5 heteroatoms. The largest absolute Gasteiger partial charge is 0.468 e. The minimum Gasteiger partial charge on any atom is -0.468 e. The quantitative estimate of drug-likeness (QED) is 0.843. The van der Waals surface area contributed by atoms with Gasteiger partial charge < -0.3 is 14.7 Å². The molecule has 0 saturated carbocycles. The lowest BCUT2D eigenvalue weighted by Crippen LogP contribution is -2.42. The van der Waals surface area contributed by atoms with Crippen LogP contribution in [-0.2, 0) is 13.0 Å². The molecule has 0 amide bonds. The van der Waals surface area contributed by atoms with Gasteiger partial charge in [0.2, 0.25) is 0 Å². The van der Waals surface area contributed by atoms with Crippen molar-refractivity contribution in [2.75, 3.05) is 19.6 Å². The van der Waals surface area contributed by atoms with Crippen LogP contribution in [0.25, 0.3) is 0 Å². The first kappa shape index (κ1) is 13.4. The average molecular weight is 274 g/mol. The zero-order valence-corrected chi connectivity index (χ0v) is 11.7. The van der Waals surface area contributed by atoms with E-state index in [0.29, 0.717) is 6.04 Å². The van der Waals surface area contributed by atoms with Gasteiger partial charge in [-0.05, 0) is 25.0 Å². The molecule has 0 aliphatic carbocycles. The van der Waals surface area contributed by atoms with Gasteiger partial charge in [-0.3, -0.25) is 4.90 Å². The highest BCUT2D eigenvalue weighted by molar-refractivity contribution is 4.98. The number of nitrogens with zero attached hydrogens (tertiary/aromatic N) is 2. The molecule has 3 heterocycles. The first-order valence-electron chi connectivity index (χ1n) is 7.35. The highest BCUT2D eigenvalue weighted by Gasteiger charge is 2.19. The van der Waals surface area contributed by atoms with Crippen LogP contribution in [0.1, 0.15) is 24.3 Å². The molecule has 1 saturated heterocycles. The fourth-order valence-electron chi connectivity index (χ4n) is 2.75. The fraction of sp³-hybridized carbons (Fsp3) is 0.533. The Morgan fingerprint density at radius 2 is 2.30 bits per heavy atom. The lowest BCUT2D eigenvalue weighted by atomic mass is 10.0. The van der Waals surface area contributed by atoms with Crippen molar-refractivity contribution in [2.24, 2.45) is 0 Å². The van der Waals surface area contributed by atoms with Crippen molar-refractivity contribution in [1.29, 1.82) is 0 Å². The van der Waals surface area contributed by atoms with Crippen LogP contribution in [0.2, 0.25) is 0 Å². The summed E-state index contributed by atoms with van der Waals surface area (Å²) in [5.74, 6) is 1.07. The molecule has 2 aromatic rings. The molecule has 0 aromatic carbocycles. The van der Waals surface area contributed by atoms with Gasteiger partial charge in [0.05, 0.1) is 19.1 Å². The molecule has 0 spiro atoms. The molecule has 0 bridgehead atoms. The number of aromatic amines is 1. The van der Waals surface area contributed by atoms with Crippen LogP contribution in [0.3, 0.4) is 0 Å². The number of likely N-dealkylation sites (tertiary alicyclic amines) is 1. The zero-order valence-electron chi connectivity index (χ0n) is 11.7. The second-order valence-electron chi connectivity index (χ2n) is 5.41. The molecular weight excluding hydrogens is 252 g/mol. The van der Waals surface area contributed by atoms with E-state index in [1.807, 2.05) is 12.3 Å². The van der Waals surface area contributed by atoms with Gasteiger partial charge in [-0.1, -0.05) is 0 Å². The highest BCUT2D eigenvalue weighted by Crippen LogP contribution is 2.14. The Morgan fingerprint density at radius 1 is 1.40 bits per heavy atom. The molecule has 20 heavy (non-hydrogen) atoms. The Bertz CT molecular complexity index is 472. The van der Waals surface area contributed by atoms with E-state index in [4.69, 9.17) is 4.42 Å². The smallest absolute Gasteiger partial charge is 0.117 e. The van der Waals surface area contributed by atoms with Crippen molar-refractivity contribution in [3.63, 3.8) is 0 Å². The summed E-state index contributed by atoms with van der Waals surface area (Å²) in [6, 6.07) is 4.65. The first-order valence-corrected chi connectivity index (χ1v) is 7.35. The van der Waals surface area contributed by atoms with Gasteiger partial charge in [0.1, 0.15) is 5.76 Å². The normalized spacial score (nSPS) is 17.6. The van der Waals surface area contributed by atoms with Gasteiger partial charge in [-0.25, -0.2) is 4.98 Å². The van der Waals surface area contributed by atoms with Gasteiger partial charge in [-0.2, -0.15) is 0 Å². The van der Waals surface area contributed by atoms with Crippen molar-refractivity contribution >= 4 is 0 Å². The van der Waals surface area contributed by atoms with Crippen molar-refractivity contribution < 1.29 is 4.42 Å². The summed E-state index contributed by atoms with van der Waals surface area (Å²) >= 11 is 0. The van der Waals surface area contributed by atoms with Crippen LogP contribution in [0, 0.1) is 0 Å². The molecule has 1 aliphatic heterocycles. The molecule has 1 aliphatic rings. The predicted octanol–water partition coefficient (Wildman–Crippen LogP) is 1.80. The lowest BCUT2D eigenvalue weighted by molar-refractivity contribution is 0.179. The third-order valence-electron chi connectivity index (χ3n) is 3.93. The first-order chi connectivity index (χ1) is 9.90. The maximum atomic E-state index is 5.40. The number of aromatic nitrogens is 2. The SMILES string of the molecule is c1coc(CN2CCC(NCCc3cnc[nH]3)CC2)c1. The third kappa shape index (κ3) is 3.71. The average Bonchev–Trinajstić information content (AvgIpc) is 3.14. The number of furan rings is 1. The van der Waals surface area contributed by atoms with Crippen molar-refractivity contribution in [3.05, 3.63) is 42.4 Å². The maximum Gasteiger partial charge on any atom is 0.117 e. The molecule has 5 nitrogen and oxygen atoms in total. The van der Waals surface area contributed by atoms with E-state index in [1.54, 1.807) is 12.6 Å². The number of rotatable bonds is 6. The minimum atomic E-state index is 0.644. The summed E-state index contributed by atoms with van der Waals surface area (Å²) in [6.07, 6.45) is 8.83. The number of nitrogens with one attached hydrogen (secondary N) is 2. The Kier molecular flexibility index (Phi) is 4.50. The van der Waals surface area contributed by atoms with Crippen LogP contribution < -0.4 is 5.32 Å². The van der Waals surface area contributed by atoms with Crippen LogP contribution in [0.15, 0.2) is 35.3 Å². The van der Waals surface area contributed by atoms with Crippen LogP contribution in [0.5, 0.6) is 0 Å². The molecule has 1 fully saturated rings.